The number of benzene rings is 1. The van der Waals surface area contributed by atoms with Crippen LogP contribution in [0, 0.1) is 0 Å². The van der Waals surface area contributed by atoms with Crippen LogP contribution in [0.15, 0.2) is 40.2 Å². The molecule has 2 heterocycles. The lowest BCUT2D eigenvalue weighted by molar-refractivity contribution is 0.177. The molecule has 0 aliphatic heterocycles. The normalized spacial score (nSPS) is 12.9. The molecule has 0 amide bonds. The number of nitrogens with zero attached hydrogens (tertiary/aromatic N) is 2. The zero-order valence-corrected chi connectivity index (χ0v) is 14.2. The number of fused-ring (bicyclic) bond motifs is 1. The van der Waals surface area contributed by atoms with Gasteiger partial charge in [0.25, 0.3) is 0 Å². The summed E-state index contributed by atoms with van der Waals surface area (Å²) in [4.78, 5) is 5.67. The molecule has 3 aromatic rings. The summed E-state index contributed by atoms with van der Waals surface area (Å²) in [5.41, 5.74) is 2.14. The zero-order valence-electron chi connectivity index (χ0n) is 11.8. The van der Waals surface area contributed by atoms with Crippen LogP contribution in [0.2, 0.25) is 0 Å². The Hall–Kier alpha value is -1.17. The molecule has 0 spiro atoms. The molecule has 0 fully saturated rings. The summed E-state index contributed by atoms with van der Waals surface area (Å²) in [5, 5.41) is 12.5. The topological polar surface area (TPSA) is 38.0 Å². The first-order chi connectivity index (χ1) is 10.2. The van der Waals surface area contributed by atoms with Crippen molar-refractivity contribution in [2.75, 3.05) is 0 Å². The first-order valence-electron chi connectivity index (χ1n) is 7.05. The van der Waals surface area contributed by atoms with Crippen molar-refractivity contribution in [3.8, 4) is 0 Å². The standard InChI is InChI=1S/C16H17BrN2OS/c1-2-8-19-13-6-4-3-5-12(13)18-15(19)10-14(20)16-11(17)7-9-21-16/h3-7,9,14,20H,2,8,10H2,1H3. The number of aromatic nitrogens is 2. The molecule has 1 unspecified atom stereocenters. The van der Waals surface area contributed by atoms with E-state index < -0.39 is 6.10 Å². The predicted octanol–water partition coefficient (Wildman–Crippen LogP) is 4.55. The molecule has 21 heavy (non-hydrogen) atoms. The molecule has 0 saturated carbocycles. The number of aliphatic hydroxyl groups excluding tert-OH is 1. The van der Waals surface area contributed by atoms with Gasteiger partial charge in [0.2, 0.25) is 0 Å². The average Bonchev–Trinajstić information content (AvgIpc) is 3.04. The first kappa shape index (κ1) is 14.8. The van der Waals surface area contributed by atoms with Crippen molar-refractivity contribution in [3.05, 3.63) is 50.9 Å². The van der Waals surface area contributed by atoms with Crippen LogP contribution in [0.4, 0.5) is 0 Å². The van der Waals surface area contributed by atoms with Crippen LogP contribution in [0.1, 0.15) is 30.2 Å². The van der Waals surface area contributed by atoms with Crippen LogP contribution >= 0.6 is 27.3 Å². The number of para-hydroxylation sites is 2. The highest BCUT2D eigenvalue weighted by atomic mass is 79.9. The molecule has 5 heteroatoms. The maximum atomic E-state index is 10.5. The van der Waals surface area contributed by atoms with Crippen molar-refractivity contribution in [3.63, 3.8) is 0 Å². The van der Waals surface area contributed by atoms with Gasteiger partial charge in [-0.25, -0.2) is 4.98 Å². The Bertz CT molecular complexity index is 750. The maximum absolute atomic E-state index is 10.5. The predicted molar refractivity (Wildman–Crippen MR) is 90.7 cm³/mol. The molecule has 110 valence electrons. The van der Waals surface area contributed by atoms with E-state index in [1.165, 1.54) is 0 Å². The van der Waals surface area contributed by atoms with Crippen LogP contribution in [0.3, 0.4) is 0 Å². The molecule has 1 N–H and O–H groups in total. The summed E-state index contributed by atoms with van der Waals surface area (Å²) in [6.07, 6.45) is 1.06. The van der Waals surface area contributed by atoms with Crippen molar-refractivity contribution in [1.29, 1.82) is 0 Å². The lowest BCUT2D eigenvalue weighted by atomic mass is 10.2. The minimum Gasteiger partial charge on any atom is -0.387 e. The average molecular weight is 365 g/mol. The summed E-state index contributed by atoms with van der Waals surface area (Å²) < 4.78 is 3.19. The van der Waals surface area contributed by atoms with Crippen molar-refractivity contribution >= 4 is 38.3 Å². The number of aliphatic hydroxyl groups is 1. The van der Waals surface area contributed by atoms with Gasteiger partial charge in [0.05, 0.1) is 17.1 Å². The highest BCUT2D eigenvalue weighted by Gasteiger charge is 2.18. The molecule has 0 saturated heterocycles. The third-order valence-electron chi connectivity index (χ3n) is 3.50. The van der Waals surface area contributed by atoms with Gasteiger partial charge in [-0.2, -0.15) is 0 Å². The summed E-state index contributed by atoms with van der Waals surface area (Å²) in [6.45, 7) is 3.08. The molecule has 2 aromatic heterocycles. The molecule has 1 aromatic carbocycles. The summed E-state index contributed by atoms with van der Waals surface area (Å²) in [6, 6.07) is 10.1. The van der Waals surface area contributed by atoms with E-state index in [2.05, 4.69) is 33.5 Å². The first-order valence-corrected chi connectivity index (χ1v) is 8.73. The molecule has 0 aliphatic carbocycles. The number of imidazole rings is 1. The Labute approximate surface area is 136 Å². The van der Waals surface area contributed by atoms with Gasteiger partial charge >= 0.3 is 0 Å². The van der Waals surface area contributed by atoms with Crippen LogP contribution in [-0.4, -0.2) is 14.7 Å². The van der Waals surface area contributed by atoms with Crippen LogP contribution in [-0.2, 0) is 13.0 Å². The zero-order chi connectivity index (χ0) is 14.8. The van der Waals surface area contributed by atoms with Gasteiger partial charge in [-0.05, 0) is 45.9 Å². The van der Waals surface area contributed by atoms with E-state index in [9.17, 15) is 5.11 Å². The van der Waals surface area contributed by atoms with Gasteiger partial charge in [-0.3, -0.25) is 0 Å². The third kappa shape index (κ3) is 2.91. The second-order valence-corrected chi connectivity index (χ2v) is 6.82. The van der Waals surface area contributed by atoms with E-state index >= 15 is 0 Å². The fourth-order valence-corrected chi connectivity index (χ4v) is 4.19. The van der Waals surface area contributed by atoms with Crippen molar-refractivity contribution in [2.24, 2.45) is 0 Å². The highest BCUT2D eigenvalue weighted by Crippen LogP contribution is 2.31. The summed E-state index contributed by atoms with van der Waals surface area (Å²) in [7, 11) is 0. The van der Waals surface area contributed by atoms with E-state index in [0.717, 1.165) is 39.2 Å². The molecule has 0 bridgehead atoms. The lowest BCUT2D eigenvalue weighted by Gasteiger charge is -2.12. The minimum atomic E-state index is -0.521. The maximum Gasteiger partial charge on any atom is 0.112 e. The molecular formula is C16H17BrN2OS. The summed E-state index contributed by atoms with van der Waals surface area (Å²) >= 11 is 5.06. The molecule has 0 aliphatic rings. The second-order valence-electron chi connectivity index (χ2n) is 5.02. The summed E-state index contributed by atoms with van der Waals surface area (Å²) in [5.74, 6) is 0.950. The Balaban J connectivity index is 1.96. The monoisotopic (exact) mass is 364 g/mol. The van der Waals surface area contributed by atoms with E-state index in [-0.39, 0.29) is 0 Å². The molecular weight excluding hydrogens is 348 g/mol. The fourth-order valence-electron chi connectivity index (χ4n) is 2.56. The lowest BCUT2D eigenvalue weighted by Crippen LogP contribution is -2.08. The quantitative estimate of drug-likeness (QED) is 0.721. The Kier molecular flexibility index (Phi) is 4.42. The Morgan fingerprint density at radius 1 is 1.33 bits per heavy atom. The van der Waals surface area contributed by atoms with Crippen LogP contribution in [0.25, 0.3) is 11.0 Å². The second kappa shape index (κ2) is 6.30. The number of halogens is 1. The van der Waals surface area contributed by atoms with Crippen LogP contribution in [0.5, 0.6) is 0 Å². The van der Waals surface area contributed by atoms with Gasteiger partial charge in [0.1, 0.15) is 5.82 Å². The number of hydrogen-bond donors (Lipinski definition) is 1. The number of thiophene rings is 1. The smallest absolute Gasteiger partial charge is 0.112 e. The molecule has 3 rings (SSSR count). The Morgan fingerprint density at radius 2 is 2.14 bits per heavy atom. The van der Waals surface area contributed by atoms with Crippen LogP contribution < -0.4 is 0 Å². The molecule has 0 radical (unpaired) electrons. The van der Waals surface area contributed by atoms with Gasteiger partial charge < -0.3 is 9.67 Å². The van der Waals surface area contributed by atoms with Crippen molar-refractivity contribution < 1.29 is 5.11 Å². The fraction of sp³-hybridized carbons (Fsp3) is 0.312. The molecule has 3 nitrogen and oxygen atoms in total. The van der Waals surface area contributed by atoms with Gasteiger partial charge in [0.15, 0.2) is 0 Å². The Morgan fingerprint density at radius 3 is 2.86 bits per heavy atom. The van der Waals surface area contributed by atoms with Crippen molar-refractivity contribution in [1.82, 2.24) is 9.55 Å². The third-order valence-corrected chi connectivity index (χ3v) is 5.48. The highest BCUT2D eigenvalue weighted by molar-refractivity contribution is 9.10. The largest absolute Gasteiger partial charge is 0.387 e. The minimum absolute atomic E-state index is 0.521. The van der Waals surface area contributed by atoms with Gasteiger partial charge in [-0.15, -0.1) is 11.3 Å². The molecule has 1 atom stereocenters. The van der Waals surface area contributed by atoms with E-state index in [1.54, 1.807) is 11.3 Å². The SMILES string of the molecule is CCCn1c(CC(O)c2sccc2Br)nc2ccccc21. The number of rotatable bonds is 5. The van der Waals surface area contributed by atoms with E-state index in [1.807, 2.05) is 29.6 Å². The van der Waals surface area contributed by atoms with E-state index in [4.69, 9.17) is 4.98 Å². The van der Waals surface area contributed by atoms with Gasteiger partial charge in [0, 0.05) is 22.3 Å². The van der Waals surface area contributed by atoms with Gasteiger partial charge in [-0.1, -0.05) is 19.1 Å². The van der Waals surface area contributed by atoms with E-state index in [0.29, 0.717) is 6.42 Å². The number of hydrogen-bond acceptors (Lipinski definition) is 3. The number of aryl methyl sites for hydroxylation is 1. The van der Waals surface area contributed by atoms with Crippen molar-refractivity contribution in [2.45, 2.75) is 32.4 Å².